The van der Waals surface area contributed by atoms with Gasteiger partial charge in [-0.1, -0.05) is 18.2 Å². The lowest BCUT2D eigenvalue weighted by atomic mass is 10.2. The van der Waals surface area contributed by atoms with E-state index >= 15 is 0 Å². The van der Waals surface area contributed by atoms with E-state index in [1.807, 2.05) is 0 Å². The molecule has 15 heavy (non-hydrogen) atoms. The molecule has 0 atom stereocenters. The second kappa shape index (κ2) is 4.44. The molecule has 0 aliphatic carbocycles. The van der Waals surface area contributed by atoms with Crippen molar-refractivity contribution in [1.29, 1.82) is 0 Å². The Balaban J connectivity index is 2.97. The number of benzene rings is 1. The SMILES string of the molecule is Cc1ccccc1S(=O)(=O)CCC(=O)O. The molecule has 0 saturated carbocycles. The van der Waals surface area contributed by atoms with Crippen LogP contribution in [0.4, 0.5) is 0 Å². The van der Waals surface area contributed by atoms with Crippen molar-refractivity contribution in [2.45, 2.75) is 18.2 Å². The van der Waals surface area contributed by atoms with Crippen molar-refractivity contribution in [3.8, 4) is 0 Å². The van der Waals surface area contributed by atoms with E-state index in [-0.39, 0.29) is 17.1 Å². The fraction of sp³-hybridized carbons (Fsp3) is 0.300. The van der Waals surface area contributed by atoms with Crippen molar-refractivity contribution in [3.05, 3.63) is 29.8 Å². The molecule has 0 aliphatic heterocycles. The molecule has 1 aromatic carbocycles. The molecule has 0 aliphatic rings. The number of hydrogen-bond donors (Lipinski definition) is 1. The summed E-state index contributed by atoms with van der Waals surface area (Å²) < 4.78 is 23.4. The summed E-state index contributed by atoms with van der Waals surface area (Å²) in [6.45, 7) is 1.69. The van der Waals surface area contributed by atoms with E-state index in [1.54, 1.807) is 25.1 Å². The van der Waals surface area contributed by atoms with Gasteiger partial charge in [-0.2, -0.15) is 0 Å². The zero-order valence-electron chi connectivity index (χ0n) is 8.30. The number of carbonyl (C=O) groups is 1. The predicted molar refractivity (Wildman–Crippen MR) is 55.5 cm³/mol. The van der Waals surface area contributed by atoms with Gasteiger partial charge in [-0.05, 0) is 18.6 Å². The Hall–Kier alpha value is -1.36. The van der Waals surface area contributed by atoms with E-state index in [0.717, 1.165) is 0 Å². The van der Waals surface area contributed by atoms with Crippen LogP contribution in [0, 0.1) is 6.92 Å². The van der Waals surface area contributed by atoms with E-state index in [1.165, 1.54) is 6.07 Å². The second-order valence-corrected chi connectivity index (χ2v) is 5.31. The molecule has 0 radical (unpaired) electrons. The summed E-state index contributed by atoms with van der Waals surface area (Å²) in [5, 5.41) is 8.43. The Morgan fingerprint density at radius 1 is 1.33 bits per heavy atom. The van der Waals surface area contributed by atoms with Crippen LogP contribution < -0.4 is 0 Å². The first-order valence-corrected chi connectivity index (χ1v) is 6.09. The minimum absolute atomic E-state index is 0.214. The molecule has 0 unspecified atom stereocenters. The highest BCUT2D eigenvalue weighted by Crippen LogP contribution is 2.16. The van der Waals surface area contributed by atoms with Crippen LogP contribution in [0.15, 0.2) is 29.2 Å². The first kappa shape index (κ1) is 11.7. The van der Waals surface area contributed by atoms with Crippen LogP contribution in [-0.4, -0.2) is 25.2 Å². The Morgan fingerprint density at radius 3 is 2.47 bits per heavy atom. The monoisotopic (exact) mass is 228 g/mol. The molecular weight excluding hydrogens is 216 g/mol. The number of aryl methyl sites for hydroxylation is 1. The van der Waals surface area contributed by atoms with E-state index in [4.69, 9.17) is 5.11 Å². The third kappa shape index (κ3) is 3.06. The van der Waals surface area contributed by atoms with Crippen molar-refractivity contribution in [3.63, 3.8) is 0 Å². The van der Waals surface area contributed by atoms with Gasteiger partial charge < -0.3 is 5.11 Å². The predicted octanol–water partition coefficient (Wildman–Crippen LogP) is 1.24. The average molecular weight is 228 g/mol. The highest BCUT2D eigenvalue weighted by molar-refractivity contribution is 7.91. The van der Waals surface area contributed by atoms with Gasteiger partial charge in [-0.15, -0.1) is 0 Å². The highest BCUT2D eigenvalue weighted by Gasteiger charge is 2.17. The number of sulfone groups is 1. The normalized spacial score (nSPS) is 11.3. The quantitative estimate of drug-likeness (QED) is 0.841. The van der Waals surface area contributed by atoms with Gasteiger partial charge in [0.15, 0.2) is 9.84 Å². The van der Waals surface area contributed by atoms with Crippen LogP contribution in [-0.2, 0) is 14.6 Å². The molecular formula is C10H12O4S. The summed E-state index contributed by atoms with van der Waals surface area (Å²) in [5.74, 6) is -1.46. The van der Waals surface area contributed by atoms with Gasteiger partial charge >= 0.3 is 5.97 Å². The van der Waals surface area contributed by atoms with Gasteiger partial charge in [0, 0.05) is 0 Å². The van der Waals surface area contributed by atoms with E-state index < -0.39 is 15.8 Å². The smallest absolute Gasteiger partial charge is 0.304 e. The molecule has 0 fully saturated rings. The van der Waals surface area contributed by atoms with E-state index in [2.05, 4.69) is 0 Å². The third-order valence-corrected chi connectivity index (χ3v) is 3.88. The highest BCUT2D eigenvalue weighted by atomic mass is 32.2. The lowest BCUT2D eigenvalue weighted by Crippen LogP contribution is -2.12. The van der Waals surface area contributed by atoms with Crippen molar-refractivity contribution in [2.75, 3.05) is 5.75 Å². The number of rotatable bonds is 4. The maximum atomic E-state index is 11.7. The van der Waals surface area contributed by atoms with Crippen molar-refractivity contribution in [2.24, 2.45) is 0 Å². The summed E-state index contributed by atoms with van der Waals surface area (Å²) >= 11 is 0. The Bertz CT molecular complexity index is 462. The number of carboxylic acid groups (broad SMARTS) is 1. The largest absolute Gasteiger partial charge is 0.481 e. The van der Waals surface area contributed by atoms with Gasteiger partial charge in [-0.25, -0.2) is 8.42 Å². The summed E-state index contributed by atoms with van der Waals surface area (Å²) in [6, 6.07) is 6.55. The molecule has 1 aromatic rings. The maximum absolute atomic E-state index is 11.7. The van der Waals surface area contributed by atoms with Crippen molar-refractivity contribution < 1.29 is 18.3 Å². The van der Waals surface area contributed by atoms with Gasteiger partial charge in [0.25, 0.3) is 0 Å². The molecule has 0 aromatic heterocycles. The maximum Gasteiger partial charge on any atom is 0.304 e. The summed E-state index contributed by atoms with van der Waals surface area (Å²) in [4.78, 5) is 10.5. The molecule has 5 heteroatoms. The summed E-state index contributed by atoms with van der Waals surface area (Å²) in [5.41, 5.74) is 0.642. The lowest BCUT2D eigenvalue weighted by molar-refractivity contribution is -0.136. The van der Waals surface area contributed by atoms with Crippen LogP contribution in [0.5, 0.6) is 0 Å². The zero-order valence-corrected chi connectivity index (χ0v) is 9.12. The Labute approximate surface area is 88.5 Å². The molecule has 4 nitrogen and oxygen atoms in total. The van der Waals surface area contributed by atoms with Crippen LogP contribution in [0.2, 0.25) is 0 Å². The van der Waals surface area contributed by atoms with Crippen LogP contribution in [0.1, 0.15) is 12.0 Å². The van der Waals surface area contributed by atoms with E-state index in [9.17, 15) is 13.2 Å². The molecule has 0 bridgehead atoms. The molecule has 1 N–H and O–H groups in total. The minimum Gasteiger partial charge on any atom is -0.481 e. The summed E-state index contributed by atoms with van der Waals surface area (Å²) in [7, 11) is -3.47. The lowest BCUT2D eigenvalue weighted by Gasteiger charge is -2.05. The zero-order chi connectivity index (χ0) is 11.5. The molecule has 0 spiro atoms. The number of carboxylic acids is 1. The first-order valence-electron chi connectivity index (χ1n) is 4.43. The van der Waals surface area contributed by atoms with Gasteiger partial charge in [0.05, 0.1) is 17.1 Å². The third-order valence-electron chi connectivity index (χ3n) is 2.01. The van der Waals surface area contributed by atoms with Crippen molar-refractivity contribution >= 4 is 15.8 Å². The van der Waals surface area contributed by atoms with Crippen LogP contribution in [0.3, 0.4) is 0 Å². The number of hydrogen-bond acceptors (Lipinski definition) is 3. The molecule has 1 rings (SSSR count). The first-order chi connectivity index (χ1) is 6.93. The topological polar surface area (TPSA) is 71.4 Å². The molecule has 0 amide bonds. The number of aliphatic carboxylic acids is 1. The summed E-state index contributed by atoms with van der Waals surface area (Å²) in [6.07, 6.45) is -0.364. The standard InChI is InChI=1S/C10H12O4S/c1-8-4-2-3-5-9(8)15(13,14)7-6-10(11)12/h2-5H,6-7H2,1H3,(H,11,12). The molecule has 0 saturated heterocycles. The van der Waals surface area contributed by atoms with E-state index in [0.29, 0.717) is 5.56 Å². The Morgan fingerprint density at radius 2 is 1.93 bits per heavy atom. The van der Waals surface area contributed by atoms with Gasteiger partial charge in [0.1, 0.15) is 0 Å². The van der Waals surface area contributed by atoms with Gasteiger partial charge in [0.2, 0.25) is 0 Å². The van der Waals surface area contributed by atoms with Gasteiger partial charge in [-0.3, -0.25) is 4.79 Å². The molecule has 82 valence electrons. The van der Waals surface area contributed by atoms with Crippen LogP contribution in [0.25, 0.3) is 0 Å². The average Bonchev–Trinajstić information content (AvgIpc) is 2.15. The second-order valence-electron chi connectivity index (χ2n) is 3.23. The Kier molecular flexibility index (Phi) is 3.47. The van der Waals surface area contributed by atoms with Crippen molar-refractivity contribution in [1.82, 2.24) is 0 Å². The minimum atomic E-state index is -3.47. The van der Waals surface area contributed by atoms with Crippen LogP contribution >= 0.6 is 0 Å². The molecule has 0 heterocycles. The fourth-order valence-electron chi connectivity index (χ4n) is 1.24. The fourth-order valence-corrected chi connectivity index (χ4v) is 2.74.